The van der Waals surface area contributed by atoms with Crippen LogP contribution in [0.4, 0.5) is 4.39 Å². The second-order valence-corrected chi connectivity index (χ2v) is 5.27. The minimum atomic E-state index is -0.288. The first kappa shape index (κ1) is 15.0. The number of rotatable bonds is 4. The molecule has 0 aliphatic heterocycles. The Kier molecular flexibility index (Phi) is 4.20. The monoisotopic (exact) mass is 306 g/mol. The van der Waals surface area contributed by atoms with Gasteiger partial charge >= 0.3 is 0 Å². The number of aryl methyl sites for hydroxylation is 1. The lowest BCUT2D eigenvalue weighted by molar-refractivity contribution is 0.104. The number of carbonyl (C=O) groups excluding carboxylic acids is 1. The van der Waals surface area contributed by atoms with Gasteiger partial charge in [-0.25, -0.2) is 4.39 Å². The van der Waals surface area contributed by atoms with Crippen molar-refractivity contribution in [3.05, 3.63) is 89.4 Å². The van der Waals surface area contributed by atoms with Crippen LogP contribution in [0.3, 0.4) is 0 Å². The Hall–Kier alpha value is -2.94. The molecule has 23 heavy (non-hydrogen) atoms. The van der Waals surface area contributed by atoms with Crippen LogP contribution in [0.25, 0.3) is 17.4 Å². The van der Waals surface area contributed by atoms with E-state index in [4.69, 9.17) is 4.42 Å². The van der Waals surface area contributed by atoms with E-state index < -0.39 is 0 Å². The van der Waals surface area contributed by atoms with Crippen LogP contribution in [0.2, 0.25) is 0 Å². The Balaban J connectivity index is 1.74. The number of carbonyl (C=O) groups is 1. The fourth-order valence-electron chi connectivity index (χ4n) is 2.18. The van der Waals surface area contributed by atoms with Crippen LogP contribution in [0.5, 0.6) is 0 Å². The van der Waals surface area contributed by atoms with Crippen molar-refractivity contribution in [2.45, 2.75) is 6.92 Å². The zero-order valence-electron chi connectivity index (χ0n) is 12.6. The normalized spacial score (nSPS) is 11.0. The minimum Gasteiger partial charge on any atom is -0.457 e. The summed E-state index contributed by atoms with van der Waals surface area (Å²) in [4.78, 5) is 12.1. The minimum absolute atomic E-state index is 0.0790. The molecule has 1 heterocycles. The summed E-state index contributed by atoms with van der Waals surface area (Å²) in [5.41, 5.74) is 2.54. The summed E-state index contributed by atoms with van der Waals surface area (Å²) in [5, 5.41) is 0. The van der Waals surface area contributed by atoms with Crippen molar-refractivity contribution in [2.24, 2.45) is 0 Å². The van der Waals surface area contributed by atoms with Crippen LogP contribution in [-0.4, -0.2) is 5.78 Å². The summed E-state index contributed by atoms with van der Waals surface area (Å²) in [6, 6.07) is 17.0. The highest BCUT2D eigenvalue weighted by Crippen LogP contribution is 2.23. The molecule has 0 spiro atoms. The number of hydrogen-bond donors (Lipinski definition) is 0. The number of ketones is 1. The molecule has 0 saturated heterocycles. The third-order valence-corrected chi connectivity index (χ3v) is 3.49. The number of furan rings is 1. The predicted molar refractivity (Wildman–Crippen MR) is 88.6 cm³/mol. The molecule has 3 rings (SSSR count). The molecule has 3 heteroatoms. The van der Waals surface area contributed by atoms with Gasteiger partial charge in [0.25, 0.3) is 0 Å². The van der Waals surface area contributed by atoms with Gasteiger partial charge in [-0.15, -0.1) is 0 Å². The van der Waals surface area contributed by atoms with Crippen LogP contribution in [0.1, 0.15) is 21.7 Å². The predicted octanol–water partition coefficient (Wildman–Crippen LogP) is 5.29. The van der Waals surface area contributed by atoms with Crippen molar-refractivity contribution in [2.75, 3.05) is 0 Å². The average molecular weight is 306 g/mol. The largest absolute Gasteiger partial charge is 0.457 e. The van der Waals surface area contributed by atoms with E-state index in [1.165, 1.54) is 18.2 Å². The average Bonchev–Trinajstić information content (AvgIpc) is 3.03. The Morgan fingerprint density at radius 3 is 2.35 bits per heavy atom. The molecule has 0 unspecified atom stereocenters. The van der Waals surface area contributed by atoms with Gasteiger partial charge in [-0.2, -0.15) is 0 Å². The third kappa shape index (κ3) is 3.64. The van der Waals surface area contributed by atoms with E-state index >= 15 is 0 Å². The number of allylic oxidation sites excluding steroid dienone is 1. The summed E-state index contributed by atoms with van der Waals surface area (Å²) >= 11 is 0. The second-order valence-electron chi connectivity index (χ2n) is 5.27. The Morgan fingerprint density at radius 1 is 0.957 bits per heavy atom. The van der Waals surface area contributed by atoms with Crippen LogP contribution < -0.4 is 0 Å². The van der Waals surface area contributed by atoms with Crippen molar-refractivity contribution in [1.82, 2.24) is 0 Å². The fourth-order valence-corrected chi connectivity index (χ4v) is 2.18. The molecule has 0 aliphatic carbocycles. The molecule has 0 N–H and O–H groups in total. The molecular weight excluding hydrogens is 291 g/mol. The summed E-state index contributed by atoms with van der Waals surface area (Å²) in [7, 11) is 0. The van der Waals surface area contributed by atoms with Crippen molar-refractivity contribution in [3.63, 3.8) is 0 Å². The molecule has 2 nitrogen and oxygen atoms in total. The van der Waals surface area contributed by atoms with E-state index in [1.807, 2.05) is 19.1 Å². The molecule has 0 amide bonds. The van der Waals surface area contributed by atoms with E-state index in [-0.39, 0.29) is 11.6 Å². The van der Waals surface area contributed by atoms with Gasteiger partial charge in [0.05, 0.1) is 0 Å². The zero-order valence-corrected chi connectivity index (χ0v) is 12.6. The first-order valence-electron chi connectivity index (χ1n) is 7.27. The molecule has 0 fully saturated rings. The maximum absolute atomic E-state index is 12.9. The summed E-state index contributed by atoms with van der Waals surface area (Å²) < 4.78 is 18.6. The quantitative estimate of drug-likeness (QED) is 0.484. The molecule has 0 radical (unpaired) electrons. The first-order chi connectivity index (χ1) is 11.1. The Morgan fingerprint density at radius 2 is 1.65 bits per heavy atom. The Labute approximate surface area is 133 Å². The summed E-state index contributed by atoms with van der Waals surface area (Å²) in [5.74, 6) is 0.839. The molecular formula is C20H15FO2. The van der Waals surface area contributed by atoms with Crippen LogP contribution in [0.15, 0.2) is 71.2 Å². The van der Waals surface area contributed by atoms with Gasteiger partial charge in [0.1, 0.15) is 17.3 Å². The first-order valence-corrected chi connectivity index (χ1v) is 7.27. The molecule has 114 valence electrons. The topological polar surface area (TPSA) is 30.2 Å². The summed E-state index contributed by atoms with van der Waals surface area (Å²) in [6.07, 6.45) is 3.12. The SMILES string of the molecule is Cc1ccc(C(=O)C=Cc2ccc(-c3ccc(F)cc3)o2)cc1. The van der Waals surface area contributed by atoms with E-state index in [0.29, 0.717) is 17.1 Å². The number of benzene rings is 2. The maximum atomic E-state index is 12.9. The highest BCUT2D eigenvalue weighted by molar-refractivity contribution is 6.06. The third-order valence-electron chi connectivity index (χ3n) is 3.49. The van der Waals surface area contributed by atoms with Gasteiger partial charge in [0.2, 0.25) is 0 Å². The summed E-state index contributed by atoms with van der Waals surface area (Å²) in [6.45, 7) is 1.98. The second kappa shape index (κ2) is 6.44. The standard InChI is InChI=1S/C20H15FO2/c1-14-2-4-15(5-3-14)19(22)12-10-18-11-13-20(23-18)16-6-8-17(21)9-7-16/h2-13H,1H3. The highest BCUT2D eigenvalue weighted by atomic mass is 19.1. The zero-order chi connectivity index (χ0) is 16.2. The van der Waals surface area contributed by atoms with E-state index in [0.717, 1.165) is 11.1 Å². The van der Waals surface area contributed by atoms with E-state index in [1.54, 1.807) is 42.5 Å². The smallest absolute Gasteiger partial charge is 0.185 e. The van der Waals surface area contributed by atoms with Crippen molar-refractivity contribution in [3.8, 4) is 11.3 Å². The maximum Gasteiger partial charge on any atom is 0.185 e. The molecule has 3 aromatic rings. The lowest BCUT2D eigenvalue weighted by atomic mass is 10.1. The lowest BCUT2D eigenvalue weighted by Gasteiger charge is -1.97. The number of halogens is 1. The van der Waals surface area contributed by atoms with Crippen molar-refractivity contribution in [1.29, 1.82) is 0 Å². The van der Waals surface area contributed by atoms with Crippen molar-refractivity contribution >= 4 is 11.9 Å². The number of hydrogen-bond acceptors (Lipinski definition) is 2. The van der Waals surface area contributed by atoms with Crippen molar-refractivity contribution < 1.29 is 13.6 Å². The fraction of sp³-hybridized carbons (Fsp3) is 0.0500. The molecule has 1 aromatic heterocycles. The van der Waals surface area contributed by atoms with Crippen LogP contribution >= 0.6 is 0 Å². The van der Waals surface area contributed by atoms with Gasteiger partial charge < -0.3 is 4.42 Å². The van der Waals surface area contributed by atoms with E-state index in [2.05, 4.69) is 0 Å². The molecule has 0 aliphatic rings. The molecule has 2 aromatic carbocycles. The Bertz CT molecular complexity index is 840. The van der Waals surface area contributed by atoms with E-state index in [9.17, 15) is 9.18 Å². The van der Waals surface area contributed by atoms with Gasteiger partial charge in [-0.3, -0.25) is 4.79 Å². The highest BCUT2D eigenvalue weighted by Gasteiger charge is 2.05. The van der Waals surface area contributed by atoms with Gasteiger partial charge in [-0.1, -0.05) is 29.8 Å². The molecule has 0 saturated carbocycles. The lowest BCUT2D eigenvalue weighted by Crippen LogP contribution is -1.93. The van der Waals surface area contributed by atoms with Gasteiger partial charge in [0, 0.05) is 11.1 Å². The van der Waals surface area contributed by atoms with Gasteiger partial charge in [-0.05, 0) is 55.5 Å². The van der Waals surface area contributed by atoms with Crippen LogP contribution in [-0.2, 0) is 0 Å². The molecule has 0 atom stereocenters. The molecule has 0 bridgehead atoms. The van der Waals surface area contributed by atoms with Crippen LogP contribution in [0, 0.1) is 12.7 Å². The van der Waals surface area contributed by atoms with Gasteiger partial charge in [0.15, 0.2) is 5.78 Å².